The second-order valence-electron chi connectivity index (χ2n) is 2.60. The Morgan fingerprint density at radius 1 is 1.31 bits per heavy atom. The Kier molecular flexibility index (Phi) is 2.59. The van der Waals surface area contributed by atoms with Crippen molar-refractivity contribution in [1.29, 1.82) is 0 Å². The summed E-state index contributed by atoms with van der Waals surface area (Å²) in [5.41, 5.74) is 1.24. The largest absolute Gasteiger partial charge is 0.284 e. The molecule has 0 aliphatic carbocycles. The normalized spacial score (nSPS) is 10.5. The first-order valence-corrected chi connectivity index (χ1v) is 5.45. The zero-order valence-corrected chi connectivity index (χ0v) is 7.93. The van der Waals surface area contributed by atoms with Gasteiger partial charge in [0.1, 0.15) is 0 Å². The van der Waals surface area contributed by atoms with Crippen molar-refractivity contribution in [3.63, 3.8) is 0 Å². The van der Waals surface area contributed by atoms with Crippen LogP contribution in [0.5, 0.6) is 0 Å². The predicted octanol–water partition coefficient (Wildman–Crippen LogP) is 1.04. The van der Waals surface area contributed by atoms with E-state index in [1.165, 1.54) is 0 Å². The van der Waals surface area contributed by atoms with Crippen molar-refractivity contribution in [2.24, 2.45) is 0 Å². The van der Waals surface area contributed by atoms with E-state index >= 15 is 0 Å². The Hall–Kier alpha value is -1.47. The van der Waals surface area contributed by atoms with Gasteiger partial charge in [-0.15, -0.1) is 6.42 Å². The van der Waals surface area contributed by atoms with Gasteiger partial charge < -0.3 is 0 Å². The average Bonchev–Trinajstić information content (AvgIpc) is 2.03. The average molecular weight is 195 g/mol. The lowest BCUT2D eigenvalue weighted by Gasteiger charge is -2.02. The fraction of sp³-hybridized carbons (Fsp3) is 0.111. The van der Waals surface area contributed by atoms with E-state index in [1.54, 1.807) is 24.3 Å². The summed E-state index contributed by atoms with van der Waals surface area (Å²) in [5, 5.41) is 0. The Morgan fingerprint density at radius 2 is 1.85 bits per heavy atom. The number of anilines is 1. The van der Waals surface area contributed by atoms with Gasteiger partial charge >= 0.3 is 0 Å². The van der Waals surface area contributed by atoms with E-state index in [-0.39, 0.29) is 0 Å². The van der Waals surface area contributed by atoms with Crippen molar-refractivity contribution in [1.82, 2.24) is 0 Å². The number of terminal acetylenes is 1. The van der Waals surface area contributed by atoms with Crippen molar-refractivity contribution in [2.75, 3.05) is 11.0 Å². The van der Waals surface area contributed by atoms with Gasteiger partial charge in [-0.3, -0.25) is 4.72 Å². The van der Waals surface area contributed by atoms with Crippen LogP contribution >= 0.6 is 0 Å². The van der Waals surface area contributed by atoms with Crippen LogP contribution in [0.1, 0.15) is 5.56 Å². The van der Waals surface area contributed by atoms with Crippen molar-refractivity contribution in [3.05, 3.63) is 29.8 Å². The molecule has 0 amide bonds. The molecule has 0 fully saturated rings. The zero-order valence-electron chi connectivity index (χ0n) is 7.11. The minimum Gasteiger partial charge on any atom is -0.284 e. The van der Waals surface area contributed by atoms with E-state index in [2.05, 4.69) is 10.6 Å². The maximum absolute atomic E-state index is 10.8. The molecule has 0 radical (unpaired) electrons. The third kappa shape index (κ3) is 3.18. The number of sulfonamides is 1. The van der Waals surface area contributed by atoms with E-state index in [1.807, 2.05) is 0 Å². The van der Waals surface area contributed by atoms with E-state index < -0.39 is 10.0 Å². The lowest BCUT2D eigenvalue weighted by molar-refractivity contribution is 0.607. The highest BCUT2D eigenvalue weighted by Crippen LogP contribution is 2.09. The fourth-order valence-corrected chi connectivity index (χ4v) is 1.41. The molecule has 1 aromatic carbocycles. The second-order valence-corrected chi connectivity index (χ2v) is 4.34. The van der Waals surface area contributed by atoms with Crippen molar-refractivity contribution < 1.29 is 8.42 Å². The molecule has 4 heteroatoms. The molecule has 0 atom stereocenters. The molecular weight excluding hydrogens is 186 g/mol. The minimum atomic E-state index is -3.20. The maximum Gasteiger partial charge on any atom is 0.229 e. The summed E-state index contributed by atoms with van der Waals surface area (Å²) in [4.78, 5) is 0. The Balaban J connectivity index is 2.89. The molecule has 0 aromatic heterocycles. The monoisotopic (exact) mass is 195 g/mol. The van der Waals surface area contributed by atoms with Gasteiger partial charge in [-0.1, -0.05) is 5.92 Å². The highest BCUT2D eigenvalue weighted by atomic mass is 32.2. The second kappa shape index (κ2) is 3.50. The first kappa shape index (κ1) is 9.62. The van der Waals surface area contributed by atoms with Crippen molar-refractivity contribution >= 4 is 15.7 Å². The number of rotatable bonds is 2. The third-order valence-corrected chi connectivity index (χ3v) is 1.96. The Labute approximate surface area is 77.8 Å². The van der Waals surface area contributed by atoms with Gasteiger partial charge in [0.25, 0.3) is 0 Å². The molecule has 0 heterocycles. The van der Waals surface area contributed by atoms with Crippen molar-refractivity contribution in [3.8, 4) is 12.3 Å². The van der Waals surface area contributed by atoms with E-state index in [9.17, 15) is 8.42 Å². The quantitative estimate of drug-likeness (QED) is 0.717. The van der Waals surface area contributed by atoms with Crippen LogP contribution in [0.4, 0.5) is 5.69 Å². The molecule has 0 bridgehead atoms. The zero-order chi connectivity index (χ0) is 9.90. The van der Waals surface area contributed by atoms with Gasteiger partial charge in [-0.25, -0.2) is 8.42 Å². The molecule has 0 unspecified atom stereocenters. The number of nitrogens with one attached hydrogen (secondary N) is 1. The summed E-state index contributed by atoms with van der Waals surface area (Å²) in [5.74, 6) is 2.44. The standard InChI is InChI=1S/C9H9NO2S/c1-3-8-4-6-9(7-5-8)10-13(2,11)12/h1,4-7,10H,2H3. The van der Waals surface area contributed by atoms with Crippen molar-refractivity contribution in [2.45, 2.75) is 0 Å². The molecule has 1 N–H and O–H groups in total. The topological polar surface area (TPSA) is 46.2 Å². The summed E-state index contributed by atoms with van der Waals surface area (Å²) in [6, 6.07) is 6.59. The van der Waals surface area contributed by atoms with Gasteiger partial charge in [-0.2, -0.15) is 0 Å². The minimum absolute atomic E-state index is 0.515. The molecular formula is C9H9NO2S. The van der Waals surface area contributed by atoms with Crippen LogP contribution in [-0.4, -0.2) is 14.7 Å². The summed E-state index contributed by atoms with van der Waals surface area (Å²) in [6.45, 7) is 0. The van der Waals surface area contributed by atoms with E-state index in [0.29, 0.717) is 5.69 Å². The van der Waals surface area contributed by atoms with Crippen LogP contribution in [0.2, 0.25) is 0 Å². The molecule has 68 valence electrons. The first-order valence-electron chi connectivity index (χ1n) is 3.56. The number of hydrogen-bond acceptors (Lipinski definition) is 2. The molecule has 13 heavy (non-hydrogen) atoms. The lowest BCUT2D eigenvalue weighted by Crippen LogP contribution is -2.09. The SMILES string of the molecule is C#Cc1ccc(NS(C)(=O)=O)cc1. The third-order valence-electron chi connectivity index (χ3n) is 1.35. The van der Waals surface area contributed by atoms with Crippen LogP contribution in [0.25, 0.3) is 0 Å². The van der Waals surface area contributed by atoms with Gasteiger partial charge in [0.05, 0.1) is 6.26 Å². The molecule has 0 saturated heterocycles. The number of benzene rings is 1. The molecule has 0 aliphatic heterocycles. The highest BCUT2D eigenvalue weighted by molar-refractivity contribution is 7.92. The van der Waals surface area contributed by atoms with E-state index in [0.717, 1.165) is 11.8 Å². The summed E-state index contributed by atoms with van der Waals surface area (Å²) >= 11 is 0. The first-order chi connectivity index (χ1) is 6.01. The fourth-order valence-electron chi connectivity index (χ4n) is 0.849. The molecule has 0 spiro atoms. The molecule has 1 aromatic rings. The summed E-state index contributed by atoms with van der Waals surface area (Å²) in [7, 11) is -3.20. The number of hydrogen-bond donors (Lipinski definition) is 1. The highest BCUT2D eigenvalue weighted by Gasteiger charge is 1.99. The molecule has 0 saturated carbocycles. The molecule has 0 aliphatic rings. The lowest BCUT2D eigenvalue weighted by atomic mass is 10.2. The van der Waals surface area contributed by atoms with Crippen LogP contribution in [-0.2, 0) is 10.0 Å². The van der Waals surface area contributed by atoms with Crippen LogP contribution in [0.15, 0.2) is 24.3 Å². The summed E-state index contributed by atoms with van der Waals surface area (Å²) in [6.07, 6.45) is 6.24. The summed E-state index contributed by atoms with van der Waals surface area (Å²) < 4.78 is 23.9. The van der Waals surface area contributed by atoms with Crippen LogP contribution < -0.4 is 4.72 Å². The van der Waals surface area contributed by atoms with Gasteiger partial charge in [-0.05, 0) is 24.3 Å². The van der Waals surface area contributed by atoms with Gasteiger partial charge in [0.2, 0.25) is 10.0 Å². The Morgan fingerprint density at radius 3 is 2.23 bits per heavy atom. The molecule has 3 nitrogen and oxygen atoms in total. The van der Waals surface area contributed by atoms with Gasteiger partial charge in [0, 0.05) is 11.3 Å². The smallest absolute Gasteiger partial charge is 0.229 e. The van der Waals surface area contributed by atoms with Crippen LogP contribution in [0, 0.1) is 12.3 Å². The van der Waals surface area contributed by atoms with Crippen LogP contribution in [0.3, 0.4) is 0 Å². The van der Waals surface area contributed by atoms with E-state index in [4.69, 9.17) is 6.42 Å². The predicted molar refractivity (Wildman–Crippen MR) is 52.8 cm³/mol. The van der Waals surface area contributed by atoms with Gasteiger partial charge in [0.15, 0.2) is 0 Å². The molecule has 1 rings (SSSR count). The Bertz CT molecular complexity index is 426. The maximum atomic E-state index is 10.8.